The van der Waals surface area contributed by atoms with Gasteiger partial charge in [-0.2, -0.15) is 0 Å². The second-order valence-electron chi connectivity index (χ2n) is 5.44. The number of hydrogen-bond donors (Lipinski definition) is 1. The number of nitro benzene ring substituents is 1. The van der Waals surface area contributed by atoms with Crippen LogP contribution in [0.25, 0.3) is 0 Å². The third-order valence-electron chi connectivity index (χ3n) is 3.70. The molecule has 2 aromatic carbocycles. The number of aryl methyl sites for hydroxylation is 2. The van der Waals surface area contributed by atoms with Crippen LogP contribution in [0.15, 0.2) is 47.4 Å². The van der Waals surface area contributed by atoms with Gasteiger partial charge >= 0.3 is 0 Å². The maximum Gasteiger partial charge on any atom is 0.270 e. The van der Waals surface area contributed by atoms with Crippen LogP contribution < -0.4 is 4.72 Å². The number of benzene rings is 2. The summed E-state index contributed by atoms with van der Waals surface area (Å²) < 4.78 is 27.4. The highest BCUT2D eigenvalue weighted by molar-refractivity contribution is 7.89. The molecule has 0 bridgehead atoms. The van der Waals surface area contributed by atoms with Gasteiger partial charge in [-0.1, -0.05) is 24.3 Å². The molecule has 1 unspecified atom stereocenters. The Morgan fingerprint density at radius 3 is 2.39 bits per heavy atom. The Hall–Kier alpha value is -2.25. The maximum absolute atomic E-state index is 12.4. The second-order valence-corrected chi connectivity index (χ2v) is 7.16. The van der Waals surface area contributed by atoms with Crippen LogP contribution in [-0.2, 0) is 10.0 Å². The van der Waals surface area contributed by atoms with Crippen molar-refractivity contribution in [2.45, 2.75) is 31.7 Å². The fourth-order valence-electron chi connectivity index (χ4n) is 2.17. The van der Waals surface area contributed by atoms with E-state index in [1.165, 1.54) is 18.2 Å². The van der Waals surface area contributed by atoms with Gasteiger partial charge in [-0.3, -0.25) is 10.1 Å². The molecule has 1 atom stereocenters. The predicted octanol–water partition coefficient (Wildman–Crippen LogP) is 3.25. The van der Waals surface area contributed by atoms with Crippen molar-refractivity contribution >= 4 is 15.7 Å². The zero-order valence-corrected chi connectivity index (χ0v) is 13.9. The molecule has 0 heterocycles. The van der Waals surface area contributed by atoms with Crippen LogP contribution in [0.5, 0.6) is 0 Å². The summed E-state index contributed by atoms with van der Waals surface area (Å²) in [5, 5.41) is 10.8. The van der Waals surface area contributed by atoms with E-state index in [1.54, 1.807) is 6.92 Å². The van der Waals surface area contributed by atoms with Crippen LogP contribution in [0, 0.1) is 24.0 Å². The molecule has 0 aliphatic heterocycles. The lowest BCUT2D eigenvalue weighted by molar-refractivity contribution is -0.385. The molecule has 6 nitrogen and oxygen atoms in total. The van der Waals surface area contributed by atoms with Crippen LogP contribution in [0.2, 0.25) is 0 Å². The normalized spacial score (nSPS) is 12.8. The molecule has 0 spiro atoms. The van der Waals surface area contributed by atoms with E-state index < -0.39 is 21.0 Å². The SMILES string of the molecule is Cc1ccc(C(C)NS(=O)(=O)c2cccc([N+](=O)[O-])c2)cc1C. The minimum atomic E-state index is -3.84. The minimum absolute atomic E-state index is 0.123. The average Bonchev–Trinajstić information content (AvgIpc) is 2.49. The first-order valence-corrected chi connectivity index (χ1v) is 8.53. The number of nitrogens with zero attached hydrogens (tertiary/aromatic N) is 1. The zero-order chi connectivity index (χ0) is 17.2. The molecule has 0 aromatic heterocycles. The number of sulfonamides is 1. The van der Waals surface area contributed by atoms with Gasteiger partial charge in [-0.05, 0) is 43.5 Å². The average molecular weight is 334 g/mol. The Morgan fingerprint density at radius 2 is 1.78 bits per heavy atom. The smallest absolute Gasteiger partial charge is 0.258 e. The number of rotatable bonds is 5. The van der Waals surface area contributed by atoms with Gasteiger partial charge in [0.25, 0.3) is 5.69 Å². The first-order chi connectivity index (χ1) is 10.7. The van der Waals surface area contributed by atoms with Gasteiger partial charge in [-0.15, -0.1) is 0 Å². The molecule has 23 heavy (non-hydrogen) atoms. The van der Waals surface area contributed by atoms with Crippen molar-refractivity contribution in [3.8, 4) is 0 Å². The molecule has 1 N–H and O–H groups in total. The first kappa shape index (κ1) is 17.1. The van der Waals surface area contributed by atoms with Crippen molar-refractivity contribution in [3.05, 3.63) is 69.3 Å². The summed E-state index contributed by atoms with van der Waals surface area (Å²) >= 11 is 0. The number of nitro groups is 1. The molecule has 2 aromatic rings. The minimum Gasteiger partial charge on any atom is -0.258 e. The third kappa shape index (κ3) is 3.94. The van der Waals surface area contributed by atoms with E-state index in [0.29, 0.717) is 0 Å². The Balaban J connectivity index is 2.28. The standard InChI is InChI=1S/C16H18N2O4S/c1-11-7-8-14(9-12(11)2)13(3)17-23(21,22)16-6-4-5-15(10-16)18(19)20/h4-10,13,17H,1-3H3. The molecule has 7 heteroatoms. The van der Waals surface area contributed by atoms with Crippen LogP contribution in [0.3, 0.4) is 0 Å². The number of non-ortho nitro benzene ring substituents is 1. The Labute approximate surface area is 135 Å². The highest BCUT2D eigenvalue weighted by Crippen LogP contribution is 2.21. The number of hydrogen-bond acceptors (Lipinski definition) is 4. The third-order valence-corrected chi connectivity index (χ3v) is 5.24. The van der Waals surface area contributed by atoms with Crippen molar-refractivity contribution in [2.24, 2.45) is 0 Å². The zero-order valence-electron chi connectivity index (χ0n) is 13.1. The first-order valence-electron chi connectivity index (χ1n) is 7.04. The Morgan fingerprint density at radius 1 is 1.09 bits per heavy atom. The molecule has 0 amide bonds. The summed E-state index contributed by atoms with van der Waals surface area (Å²) in [5.41, 5.74) is 2.78. The van der Waals surface area contributed by atoms with Crippen molar-refractivity contribution in [1.29, 1.82) is 0 Å². The fourth-order valence-corrected chi connectivity index (χ4v) is 3.44. The Kier molecular flexibility index (Phi) is 4.82. The van der Waals surface area contributed by atoms with E-state index in [4.69, 9.17) is 0 Å². The fraction of sp³-hybridized carbons (Fsp3) is 0.250. The van der Waals surface area contributed by atoms with Crippen molar-refractivity contribution in [1.82, 2.24) is 4.72 Å². The van der Waals surface area contributed by atoms with E-state index in [-0.39, 0.29) is 10.6 Å². The monoisotopic (exact) mass is 334 g/mol. The van der Waals surface area contributed by atoms with E-state index in [0.717, 1.165) is 22.8 Å². The van der Waals surface area contributed by atoms with E-state index in [1.807, 2.05) is 32.0 Å². The summed E-state index contributed by atoms with van der Waals surface area (Å²) in [7, 11) is -3.84. The van der Waals surface area contributed by atoms with Gasteiger partial charge in [0.05, 0.1) is 9.82 Å². The maximum atomic E-state index is 12.4. The van der Waals surface area contributed by atoms with Crippen LogP contribution in [0.4, 0.5) is 5.69 Å². The highest BCUT2D eigenvalue weighted by atomic mass is 32.2. The lowest BCUT2D eigenvalue weighted by Gasteiger charge is -2.16. The van der Waals surface area contributed by atoms with Crippen molar-refractivity contribution < 1.29 is 13.3 Å². The lowest BCUT2D eigenvalue weighted by Crippen LogP contribution is -2.27. The predicted molar refractivity (Wildman–Crippen MR) is 87.7 cm³/mol. The summed E-state index contributed by atoms with van der Waals surface area (Å²) in [5.74, 6) is 0. The highest BCUT2D eigenvalue weighted by Gasteiger charge is 2.20. The summed E-state index contributed by atoms with van der Waals surface area (Å²) in [6.45, 7) is 5.68. The molecular formula is C16H18N2O4S. The Bertz CT molecular complexity index is 847. The molecule has 0 fully saturated rings. The van der Waals surface area contributed by atoms with Crippen molar-refractivity contribution in [3.63, 3.8) is 0 Å². The summed E-state index contributed by atoms with van der Waals surface area (Å²) in [6, 6.07) is 10.3. The number of nitrogens with one attached hydrogen (secondary N) is 1. The van der Waals surface area contributed by atoms with Crippen LogP contribution >= 0.6 is 0 Å². The second kappa shape index (κ2) is 6.47. The summed E-state index contributed by atoms with van der Waals surface area (Å²) in [4.78, 5) is 10.0. The van der Waals surface area contributed by atoms with Crippen LogP contribution in [0.1, 0.15) is 29.7 Å². The quantitative estimate of drug-likeness (QED) is 0.671. The van der Waals surface area contributed by atoms with Crippen LogP contribution in [-0.4, -0.2) is 13.3 Å². The van der Waals surface area contributed by atoms with Gasteiger partial charge in [0, 0.05) is 18.2 Å². The topological polar surface area (TPSA) is 89.3 Å². The van der Waals surface area contributed by atoms with Gasteiger partial charge in [0.15, 0.2) is 0 Å². The molecule has 0 aliphatic rings. The molecule has 0 aliphatic carbocycles. The van der Waals surface area contributed by atoms with Gasteiger partial charge in [0.2, 0.25) is 10.0 Å². The molecule has 0 radical (unpaired) electrons. The van der Waals surface area contributed by atoms with E-state index in [9.17, 15) is 18.5 Å². The molecule has 0 saturated carbocycles. The molecule has 2 rings (SSSR count). The molecular weight excluding hydrogens is 316 g/mol. The van der Waals surface area contributed by atoms with E-state index >= 15 is 0 Å². The van der Waals surface area contributed by atoms with Gasteiger partial charge < -0.3 is 0 Å². The van der Waals surface area contributed by atoms with E-state index in [2.05, 4.69) is 4.72 Å². The summed E-state index contributed by atoms with van der Waals surface area (Å²) in [6.07, 6.45) is 0. The van der Waals surface area contributed by atoms with Gasteiger partial charge in [-0.25, -0.2) is 13.1 Å². The molecule has 122 valence electrons. The largest absolute Gasteiger partial charge is 0.270 e. The molecule has 0 saturated heterocycles. The lowest BCUT2D eigenvalue weighted by atomic mass is 10.0. The van der Waals surface area contributed by atoms with Gasteiger partial charge in [0.1, 0.15) is 0 Å². The van der Waals surface area contributed by atoms with Crippen molar-refractivity contribution in [2.75, 3.05) is 0 Å².